The van der Waals surface area contributed by atoms with Crippen molar-refractivity contribution in [2.75, 3.05) is 20.0 Å². The van der Waals surface area contributed by atoms with E-state index in [0.717, 1.165) is 27.6 Å². The number of aromatic nitrogens is 2. The molecule has 0 unspecified atom stereocenters. The first-order valence-corrected chi connectivity index (χ1v) is 8.65. The van der Waals surface area contributed by atoms with E-state index in [1.165, 1.54) is 0 Å². The highest BCUT2D eigenvalue weighted by molar-refractivity contribution is 5.98. The summed E-state index contributed by atoms with van der Waals surface area (Å²) in [5, 5.41) is 10.7. The van der Waals surface area contributed by atoms with Gasteiger partial charge in [0.2, 0.25) is 0 Å². The van der Waals surface area contributed by atoms with Crippen molar-refractivity contribution >= 4 is 16.7 Å². The molecule has 2 aromatic heterocycles. The van der Waals surface area contributed by atoms with E-state index in [-0.39, 0.29) is 5.82 Å². The maximum absolute atomic E-state index is 9.68. The minimum absolute atomic E-state index is 0.179. The van der Waals surface area contributed by atoms with Gasteiger partial charge in [0.25, 0.3) is 0 Å². The van der Waals surface area contributed by atoms with Crippen LogP contribution in [0.1, 0.15) is 5.56 Å². The van der Waals surface area contributed by atoms with Gasteiger partial charge in [0.1, 0.15) is 28.9 Å². The third-order valence-electron chi connectivity index (χ3n) is 4.72. The van der Waals surface area contributed by atoms with Gasteiger partial charge in [-0.1, -0.05) is 18.2 Å². The van der Waals surface area contributed by atoms with Crippen LogP contribution in [0.2, 0.25) is 0 Å². The molecule has 4 aromatic rings. The second-order valence-electron chi connectivity index (χ2n) is 6.24. The van der Waals surface area contributed by atoms with Crippen LogP contribution in [0.25, 0.3) is 33.3 Å². The Kier molecular flexibility index (Phi) is 4.34. The van der Waals surface area contributed by atoms with Gasteiger partial charge in [0.05, 0.1) is 19.9 Å². The van der Waals surface area contributed by atoms with Crippen LogP contribution in [0.5, 0.6) is 11.5 Å². The van der Waals surface area contributed by atoms with E-state index in [4.69, 9.17) is 15.2 Å². The van der Waals surface area contributed by atoms with Crippen LogP contribution >= 0.6 is 0 Å². The van der Waals surface area contributed by atoms with Crippen molar-refractivity contribution in [1.82, 2.24) is 9.97 Å². The lowest BCUT2D eigenvalue weighted by atomic mass is 9.97. The summed E-state index contributed by atoms with van der Waals surface area (Å²) in [7, 11) is 3.19. The molecule has 0 saturated carbocycles. The predicted molar refractivity (Wildman–Crippen MR) is 109 cm³/mol. The average molecular weight is 370 g/mol. The SMILES string of the molecule is COc1ccc(-c2cc(-c3c[nH]c4ccccc34)c(C#N)c(N)n2)c(OC)c1. The van der Waals surface area contributed by atoms with E-state index < -0.39 is 0 Å². The van der Waals surface area contributed by atoms with Crippen molar-refractivity contribution in [3.63, 3.8) is 0 Å². The lowest BCUT2D eigenvalue weighted by molar-refractivity contribution is 0.395. The molecule has 0 aliphatic heterocycles. The Morgan fingerprint density at radius 2 is 1.82 bits per heavy atom. The summed E-state index contributed by atoms with van der Waals surface area (Å²) < 4.78 is 10.8. The highest BCUT2D eigenvalue weighted by atomic mass is 16.5. The molecular formula is C22H18N4O2. The van der Waals surface area contributed by atoms with E-state index in [9.17, 15) is 5.26 Å². The van der Waals surface area contributed by atoms with E-state index in [0.29, 0.717) is 22.8 Å². The monoisotopic (exact) mass is 370 g/mol. The van der Waals surface area contributed by atoms with Crippen LogP contribution in [0.3, 0.4) is 0 Å². The molecule has 138 valence electrons. The third-order valence-corrected chi connectivity index (χ3v) is 4.72. The van der Waals surface area contributed by atoms with Crippen LogP contribution in [-0.4, -0.2) is 24.2 Å². The Bertz CT molecular complexity index is 1220. The molecule has 3 N–H and O–H groups in total. The molecular weight excluding hydrogens is 352 g/mol. The lowest BCUT2D eigenvalue weighted by Gasteiger charge is -2.13. The summed E-state index contributed by atoms with van der Waals surface area (Å²) in [5.74, 6) is 1.47. The number of nitrogens with two attached hydrogens (primary N) is 1. The summed E-state index contributed by atoms with van der Waals surface area (Å²) in [6.07, 6.45) is 1.88. The van der Waals surface area contributed by atoms with Gasteiger partial charge in [-0.3, -0.25) is 0 Å². The van der Waals surface area contributed by atoms with Crippen LogP contribution < -0.4 is 15.2 Å². The summed E-state index contributed by atoms with van der Waals surface area (Å²) in [6, 6.07) is 17.5. The maximum atomic E-state index is 9.68. The van der Waals surface area contributed by atoms with Crippen molar-refractivity contribution < 1.29 is 9.47 Å². The lowest BCUT2D eigenvalue weighted by Crippen LogP contribution is -2.00. The molecule has 28 heavy (non-hydrogen) atoms. The van der Waals surface area contributed by atoms with E-state index in [1.807, 2.05) is 48.7 Å². The van der Waals surface area contributed by atoms with Crippen molar-refractivity contribution in [3.05, 3.63) is 60.3 Å². The van der Waals surface area contributed by atoms with E-state index in [2.05, 4.69) is 16.0 Å². The summed E-state index contributed by atoms with van der Waals surface area (Å²) >= 11 is 0. The molecule has 2 aromatic carbocycles. The number of fused-ring (bicyclic) bond motifs is 1. The summed E-state index contributed by atoms with van der Waals surface area (Å²) in [5.41, 5.74) is 10.5. The molecule has 4 rings (SSSR count). The number of hydrogen-bond acceptors (Lipinski definition) is 5. The quantitative estimate of drug-likeness (QED) is 0.556. The number of nitrogens with one attached hydrogen (secondary N) is 1. The second-order valence-corrected chi connectivity index (χ2v) is 6.24. The fourth-order valence-electron chi connectivity index (χ4n) is 3.34. The molecule has 6 heteroatoms. The second kappa shape index (κ2) is 6.97. The number of rotatable bonds is 4. The Hall–Kier alpha value is -3.98. The molecule has 0 radical (unpaired) electrons. The number of methoxy groups -OCH3 is 2. The highest BCUT2D eigenvalue weighted by Gasteiger charge is 2.18. The fourth-order valence-corrected chi connectivity index (χ4v) is 3.34. The first kappa shape index (κ1) is 17.4. The number of aromatic amines is 1. The molecule has 2 heterocycles. The largest absolute Gasteiger partial charge is 0.497 e. The van der Waals surface area contributed by atoms with Crippen LogP contribution in [0.4, 0.5) is 5.82 Å². The molecule has 0 fully saturated rings. The number of ether oxygens (including phenoxy) is 2. The Morgan fingerprint density at radius 3 is 2.57 bits per heavy atom. The van der Waals surface area contributed by atoms with Crippen LogP contribution in [0.15, 0.2) is 54.7 Å². The van der Waals surface area contributed by atoms with Crippen LogP contribution in [-0.2, 0) is 0 Å². The van der Waals surface area contributed by atoms with Gasteiger partial charge in [0.15, 0.2) is 0 Å². The molecule has 0 atom stereocenters. The van der Waals surface area contributed by atoms with Crippen LogP contribution in [0, 0.1) is 11.3 Å². The molecule has 0 aliphatic carbocycles. The maximum Gasteiger partial charge on any atom is 0.142 e. The predicted octanol–water partition coefficient (Wildman–Crippen LogP) is 4.37. The zero-order chi connectivity index (χ0) is 19.7. The van der Waals surface area contributed by atoms with Gasteiger partial charge in [-0.2, -0.15) is 5.26 Å². The number of anilines is 1. The number of pyridine rings is 1. The number of nitriles is 1. The topological polar surface area (TPSA) is 97.0 Å². The van der Waals surface area contributed by atoms with Gasteiger partial charge in [0, 0.05) is 39.9 Å². The minimum atomic E-state index is 0.179. The molecule has 6 nitrogen and oxygen atoms in total. The molecule has 0 amide bonds. The number of nitrogens with zero attached hydrogens (tertiary/aromatic N) is 2. The van der Waals surface area contributed by atoms with Gasteiger partial charge in [-0.25, -0.2) is 4.98 Å². The number of hydrogen-bond donors (Lipinski definition) is 2. The Balaban J connectivity index is 1.97. The Labute approximate surface area is 162 Å². The van der Waals surface area contributed by atoms with Gasteiger partial charge in [-0.05, 0) is 24.3 Å². The molecule has 0 saturated heterocycles. The Morgan fingerprint density at radius 1 is 1.00 bits per heavy atom. The van der Waals surface area contributed by atoms with Gasteiger partial charge in [-0.15, -0.1) is 0 Å². The minimum Gasteiger partial charge on any atom is -0.497 e. The zero-order valence-corrected chi connectivity index (χ0v) is 15.5. The average Bonchev–Trinajstić information content (AvgIpc) is 3.16. The smallest absolute Gasteiger partial charge is 0.142 e. The zero-order valence-electron chi connectivity index (χ0n) is 15.5. The fraction of sp³-hybridized carbons (Fsp3) is 0.0909. The van der Waals surface area contributed by atoms with Gasteiger partial charge >= 0.3 is 0 Å². The standard InChI is InChI=1S/C22H18N4O2/c1-27-13-7-8-15(21(9-13)28-2)20-10-16(17(11-23)22(24)26-20)18-12-25-19-6-4-3-5-14(18)19/h3-10,12,25H,1-2H3,(H2,24,26). The van der Waals surface area contributed by atoms with E-state index in [1.54, 1.807) is 20.3 Å². The summed E-state index contributed by atoms with van der Waals surface area (Å²) in [6.45, 7) is 0. The first-order valence-electron chi connectivity index (χ1n) is 8.65. The van der Waals surface area contributed by atoms with Crippen molar-refractivity contribution in [3.8, 4) is 40.0 Å². The number of benzene rings is 2. The normalized spacial score (nSPS) is 10.6. The van der Waals surface area contributed by atoms with Crippen molar-refractivity contribution in [2.45, 2.75) is 0 Å². The third kappa shape index (κ3) is 2.79. The summed E-state index contributed by atoms with van der Waals surface area (Å²) in [4.78, 5) is 7.70. The number of nitrogen functional groups attached to an aromatic ring is 1. The first-order chi connectivity index (χ1) is 13.7. The molecule has 0 spiro atoms. The van der Waals surface area contributed by atoms with Crippen molar-refractivity contribution in [2.24, 2.45) is 0 Å². The van der Waals surface area contributed by atoms with E-state index >= 15 is 0 Å². The van der Waals surface area contributed by atoms with Gasteiger partial charge < -0.3 is 20.2 Å². The molecule has 0 aliphatic rings. The van der Waals surface area contributed by atoms with Crippen molar-refractivity contribution in [1.29, 1.82) is 5.26 Å². The highest BCUT2D eigenvalue weighted by Crippen LogP contribution is 2.38. The number of para-hydroxylation sites is 1. The number of H-pyrrole nitrogens is 1. The molecule has 0 bridgehead atoms.